The fourth-order valence-electron chi connectivity index (χ4n) is 1.73. The smallest absolute Gasteiger partial charge is 0.319 e. The van der Waals surface area contributed by atoms with E-state index < -0.39 is 0 Å². The third-order valence-corrected chi connectivity index (χ3v) is 3.48. The summed E-state index contributed by atoms with van der Waals surface area (Å²) < 4.78 is 0. The number of carbonyl (C=O) groups is 1. The van der Waals surface area contributed by atoms with Crippen LogP contribution in [0.1, 0.15) is 26.7 Å². The molecule has 0 unspecified atom stereocenters. The van der Waals surface area contributed by atoms with Crippen LogP contribution in [-0.2, 0) is 0 Å². The first-order chi connectivity index (χ1) is 9.34. The molecule has 0 aliphatic carbocycles. The van der Waals surface area contributed by atoms with Gasteiger partial charge in [0.25, 0.3) is 0 Å². The quantitative estimate of drug-likeness (QED) is 0.744. The van der Waals surface area contributed by atoms with Crippen molar-refractivity contribution in [2.45, 2.75) is 26.7 Å². The minimum atomic E-state index is -0.328. The van der Waals surface area contributed by atoms with Gasteiger partial charge < -0.3 is 15.7 Å². The molecule has 0 bridgehead atoms. The standard InChI is InChI=1S/C14H20Cl2N2O2/c1-14(2,6-3-7-19)9-17-13(20)18-12-8-10(15)4-5-11(12)16/h4-5,8,19H,3,6-7,9H2,1-2H3,(H2,17,18,20). The first kappa shape index (κ1) is 17.1. The second-order valence-corrected chi connectivity index (χ2v) is 6.27. The lowest BCUT2D eigenvalue weighted by Crippen LogP contribution is -2.36. The Balaban J connectivity index is 2.49. The van der Waals surface area contributed by atoms with Gasteiger partial charge in [-0.1, -0.05) is 37.0 Å². The van der Waals surface area contributed by atoms with E-state index in [9.17, 15) is 4.79 Å². The third-order valence-electron chi connectivity index (χ3n) is 2.92. The zero-order chi connectivity index (χ0) is 15.2. The van der Waals surface area contributed by atoms with Crippen molar-refractivity contribution in [1.82, 2.24) is 5.32 Å². The van der Waals surface area contributed by atoms with E-state index in [0.717, 1.165) is 12.8 Å². The summed E-state index contributed by atoms with van der Waals surface area (Å²) in [6, 6.07) is 4.56. The van der Waals surface area contributed by atoms with E-state index in [4.69, 9.17) is 28.3 Å². The fourth-order valence-corrected chi connectivity index (χ4v) is 2.06. The Bertz CT molecular complexity index is 464. The maximum atomic E-state index is 11.8. The van der Waals surface area contributed by atoms with Crippen LogP contribution in [0.5, 0.6) is 0 Å². The molecule has 0 fully saturated rings. The number of aliphatic hydroxyl groups excluding tert-OH is 1. The number of nitrogens with one attached hydrogen (secondary N) is 2. The van der Waals surface area contributed by atoms with Crippen molar-refractivity contribution in [2.75, 3.05) is 18.5 Å². The average Bonchev–Trinajstić information content (AvgIpc) is 2.39. The molecule has 1 rings (SSSR count). The monoisotopic (exact) mass is 318 g/mol. The summed E-state index contributed by atoms with van der Waals surface area (Å²) in [5, 5.41) is 15.2. The highest BCUT2D eigenvalue weighted by atomic mass is 35.5. The van der Waals surface area contributed by atoms with E-state index in [2.05, 4.69) is 10.6 Å². The molecule has 0 saturated heterocycles. The van der Waals surface area contributed by atoms with Gasteiger partial charge >= 0.3 is 6.03 Å². The molecule has 3 N–H and O–H groups in total. The third kappa shape index (κ3) is 5.99. The number of carbonyl (C=O) groups excluding carboxylic acids is 1. The van der Waals surface area contributed by atoms with Crippen molar-refractivity contribution in [3.05, 3.63) is 28.2 Å². The molecule has 0 aromatic heterocycles. The molecule has 4 nitrogen and oxygen atoms in total. The number of amides is 2. The minimum Gasteiger partial charge on any atom is -0.396 e. The molecule has 1 aromatic carbocycles. The van der Waals surface area contributed by atoms with Gasteiger partial charge in [0.05, 0.1) is 10.7 Å². The van der Waals surface area contributed by atoms with E-state index in [1.165, 1.54) is 0 Å². The van der Waals surface area contributed by atoms with E-state index >= 15 is 0 Å². The molecule has 0 spiro atoms. The Kier molecular flexibility index (Phi) is 6.59. The highest BCUT2D eigenvalue weighted by molar-refractivity contribution is 6.35. The largest absolute Gasteiger partial charge is 0.396 e. The first-order valence-electron chi connectivity index (χ1n) is 6.45. The second-order valence-electron chi connectivity index (χ2n) is 5.42. The minimum absolute atomic E-state index is 0.0712. The summed E-state index contributed by atoms with van der Waals surface area (Å²) in [5.41, 5.74) is 0.405. The van der Waals surface area contributed by atoms with E-state index in [1.54, 1.807) is 18.2 Å². The summed E-state index contributed by atoms with van der Waals surface area (Å²) in [6.45, 7) is 4.75. The molecule has 20 heavy (non-hydrogen) atoms. The van der Waals surface area contributed by atoms with Crippen molar-refractivity contribution < 1.29 is 9.90 Å². The summed E-state index contributed by atoms with van der Waals surface area (Å²) in [6.07, 6.45) is 1.55. The van der Waals surface area contributed by atoms with Crippen LogP contribution in [0, 0.1) is 5.41 Å². The lowest BCUT2D eigenvalue weighted by molar-refractivity contribution is 0.227. The van der Waals surface area contributed by atoms with Crippen LogP contribution < -0.4 is 10.6 Å². The van der Waals surface area contributed by atoms with Gasteiger partial charge in [-0.25, -0.2) is 4.79 Å². The topological polar surface area (TPSA) is 61.4 Å². The van der Waals surface area contributed by atoms with Gasteiger partial charge in [0.15, 0.2) is 0 Å². The van der Waals surface area contributed by atoms with Crippen molar-refractivity contribution >= 4 is 34.9 Å². The number of anilines is 1. The van der Waals surface area contributed by atoms with Crippen molar-refractivity contribution in [3.8, 4) is 0 Å². The molecule has 0 heterocycles. The van der Waals surface area contributed by atoms with Crippen LogP contribution in [0.25, 0.3) is 0 Å². The molecular weight excluding hydrogens is 299 g/mol. The second kappa shape index (κ2) is 7.72. The number of urea groups is 1. The first-order valence-corrected chi connectivity index (χ1v) is 7.20. The van der Waals surface area contributed by atoms with E-state index in [0.29, 0.717) is 22.3 Å². The van der Waals surface area contributed by atoms with Crippen LogP contribution >= 0.6 is 23.2 Å². The van der Waals surface area contributed by atoms with Crippen LogP contribution in [0.2, 0.25) is 10.0 Å². The van der Waals surface area contributed by atoms with Gasteiger partial charge in [-0.15, -0.1) is 0 Å². The Morgan fingerprint density at radius 2 is 2.05 bits per heavy atom. The lowest BCUT2D eigenvalue weighted by Gasteiger charge is -2.24. The molecule has 0 aliphatic rings. The van der Waals surface area contributed by atoms with Gasteiger partial charge in [0.1, 0.15) is 0 Å². The molecular formula is C14H20Cl2N2O2. The number of hydrogen-bond acceptors (Lipinski definition) is 2. The Morgan fingerprint density at radius 1 is 1.35 bits per heavy atom. The zero-order valence-corrected chi connectivity index (χ0v) is 13.2. The summed E-state index contributed by atoms with van der Waals surface area (Å²) >= 11 is 11.8. The molecule has 2 amide bonds. The molecule has 0 saturated carbocycles. The highest BCUT2D eigenvalue weighted by Crippen LogP contribution is 2.25. The molecule has 112 valence electrons. The SMILES string of the molecule is CC(C)(CCCO)CNC(=O)Nc1cc(Cl)ccc1Cl. The normalized spacial score (nSPS) is 11.2. The Morgan fingerprint density at radius 3 is 2.70 bits per heavy atom. The predicted octanol–water partition coefficient (Wildman–Crippen LogP) is 3.91. The summed E-state index contributed by atoms with van der Waals surface area (Å²) in [4.78, 5) is 11.8. The van der Waals surface area contributed by atoms with E-state index in [-0.39, 0.29) is 18.1 Å². The molecule has 0 radical (unpaired) electrons. The summed E-state index contributed by atoms with van der Waals surface area (Å²) in [5.74, 6) is 0. The predicted molar refractivity (Wildman–Crippen MR) is 83.6 cm³/mol. The molecule has 0 atom stereocenters. The maximum absolute atomic E-state index is 11.8. The number of aliphatic hydroxyl groups is 1. The molecule has 0 aliphatic heterocycles. The number of hydrogen-bond donors (Lipinski definition) is 3. The van der Waals surface area contributed by atoms with Gasteiger partial charge in [-0.2, -0.15) is 0 Å². The van der Waals surface area contributed by atoms with Crippen LogP contribution in [0.15, 0.2) is 18.2 Å². The van der Waals surface area contributed by atoms with Gasteiger partial charge in [0.2, 0.25) is 0 Å². The van der Waals surface area contributed by atoms with E-state index in [1.807, 2.05) is 13.8 Å². The number of rotatable bonds is 6. The number of halogens is 2. The lowest BCUT2D eigenvalue weighted by atomic mass is 9.88. The van der Waals surface area contributed by atoms with Crippen molar-refractivity contribution in [3.63, 3.8) is 0 Å². The van der Waals surface area contributed by atoms with Crippen LogP contribution in [0.4, 0.5) is 10.5 Å². The van der Waals surface area contributed by atoms with Crippen molar-refractivity contribution in [2.24, 2.45) is 5.41 Å². The molecule has 6 heteroatoms. The average molecular weight is 319 g/mol. The van der Waals surface area contributed by atoms with Gasteiger partial charge in [-0.05, 0) is 36.5 Å². The number of benzene rings is 1. The zero-order valence-electron chi connectivity index (χ0n) is 11.7. The van der Waals surface area contributed by atoms with Crippen LogP contribution in [0.3, 0.4) is 0 Å². The molecule has 1 aromatic rings. The van der Waals surface area contributed by atoms with Gasteiger partial charge in [0, 0.05) is 18.2 Å². The van der Waals surface area contributed by atoms with Crippen LogP contribution in [-0.4, -0.2) is 24.3 Å². The van der Waals surface area contributed by atoms with Crippen molar-refractivity contribution in [1.29, 1.82) is 0 Å². The Hall–Kier alpha value is -0.970. The van der Waals surface area contributed by atoms with Gasteiger partial charge in [-0.3, -0.25) is 0 Å². The summed E-state index contributed by atoms with van der Waals surface area (Å²) in [7, 11) is 0. The fraction of sp³-hybridized carbons (Fsp3) is 0.500. The Labute approximate surface area is 129 Å². The maximum Gasteiger partial charge on any atom is 0.319 e. The highest BCUT2D eigenvalue weighted by Gasteiger charge is 2.18.